The standard InChI is InChI=1S/C11H13BrINO3S/c1-2-18(16,17)6-5-14-11(15)9-7-8(12)3-4-10(9)13/h3-4,7H,2,5-6H2,1H3,(H,14,15). The molecule has 0 fully saturated rings. The van der Waals surface area contributed by atoms with Crippen molar-refractivity contribution < 1.29 is 13.2 Å². The molecule has 0 saturated carbocycles. The number of sulfone groups is 1. The first kappa shape index (κ1) is 15.9. The smallest absolute Gasteiger partial charge is 0.252 e. The van der Waals surface area contributed by atoms with Crippen molar-refractivity contribution in [3.05, 3.63) is 31.8 Å². The Morgan fingerprint density at radius 3 is 2.72 bits per heavy atom. The average Bonchev–Trinajstić information content (AvgIpc) is 2.32. The zero-order valence-electron chi connectivity index (χ0n) is 9.74. The van der Waals surface area contributed by atoms with Crippen LogP contribution >= 0.6 is 38.5 Å². The van der Waals surface area contributed by atoms with Crippen molar-refractivity contribution >= 4 is 54.3 Å². The molecule has 7 heteroatoms. The lowest BCUT2D eigenvalue weighted by molar-refractivity contribution is 0.0955. The maximum absolute atomic E-state index is 11.9. The van der Waals surface area contributed by atoms with E-state index in [1.54, 1.807) is 13.0 Å². The first-order chi connectivity index (χ1) is 8.35. The third-order valence-electron chi connectivity index (χ3n) is 2.31. The first-order valence-corrected chi connectivity index (χ1v) is 8.98. The van der Waals surface area contributed by atoms with Gasteiger partial charge in [0.15, 0.2) is 9.84 Å². The normalized spacial score (nSPS) is 11.3. The number of hydrogen-bond donors (Lipinski definition) is 1. The molecule has 100 valence electrons. The van der Waals surface area contributed by atoms with Crippen molar-refractivity contribution in [3.8, 4) is 0 Å². The van der Waals surface area contributed by atoms with Gasteiger partial charge in [0.2, 0.25) is 0 Å². The van der Waals surface area contributed by atoms with Gasteiger partial charge in [0.05, 0.1) is 11.3 Å². The molecule has 0 aliphatic heterocycles. The molecule has 0 heterocycles. The summed E-state index contributed by atoms with van der Waals surface area (Å²) >= 11 is 5.36. The highest BCUT2D eigenvalue weighted by molar-refractivity contribution is 14.1. The van der Waals surface area contributed by atoms with Gasteiger partial charge in [-0.2, -0.15) is 0 Å². The summed E-state index contributed by atoms with van der Waals surface area (Å²) in [5.74, 6) is -0.191. The molecule has 0 saturated heterocycles. The molecule has 18 heavy (non-hydrogen) atoms. The fourth-order valence-corrected chi connectivity index (χ4v) is 2.87. The van der Waals surface area contributed by atoms with E-state index in [1.165, 1.54) is 0 Å². The molecule has 0 aliphatic carbocycles. The van der Waals surface area contributed by atoms with Crippen LogP contribution in [0.4, 0.5) is 0 Å². The molecule has 1 aromatic rings. The van der Waals surface area contributed by atoms with E-state index in [1.807, 2.05) is 12.1 Å². The van der Waals surface area contributed by atoms with Gasteiger partial charge < -0.3 is 5.32 Å². The van der Waals surface area contributed by atoms with Gasteiger partial charge in [-0.25, -0.2) is 8.42 Å². The number of carbonyl (C=O) groups is 1. The molecule has 0 aliphatic rings. The Kier molecular flexibility index (Phi) is 6.06. The number of benzene rings is 1. The summed E-state index contributed by atoms with van der Waals surface area (Å²) in [6.45, 7) is 1.73. The van der Waals surface area contributed by atoms with Crippen LogP contribution in [0, 0.1) is 3.57 Å². The molecule has 1 amide bonds. The number of halogens is 2. The molecule has 0 radical (unpaired) electrons. The van der Waals surface area contributed by atoms with E-state index < -0.39 is 9.84 Å². The molecule has 1 rings (SSSR count). The van der Waals surface area contributed by atoms with Crippen LogP contribution in [0.5, 0.6) is 0 Å². The summed E-state index contributed by atoms with van der Waals surface area (Å²) in [6, 6.07) is 5.38. The van der Waals surface area contributed by atoms with Crippen LogP contribution in [0.1, 0.15) is 17.3 Å². The number of hydrogen-bond acceptors (Lipinski definition) is 3. The van der Waals surface area contributed by atoms with Gasteiger partial charge in [0.25, 0.3) is 5.91 Å². The van der Waals surface area contributed by atoms with Crippen molar-refractivity contribution in [2.24, 2.45) is 0 Å². The Hall–Kier alpha value is -0.150. The largest absolute Gasteiger partial charge is 0.351 e. The highest BCUT2D eigenvalue weighted by Crippen LogP contribution is 2.18. The highest BCUT2D eigenvalue weighted by Gasteiger charge is 2.12. The molecule has 4 nitrogen and oxygen atoms in total. The van der Waals surface area contributed by atoms with Crippen LogP contribution in [-0.2, 0) is 9.84 Å². The summed E-state index contributed by atoms with van der Waals surface area (Å²) in [4.78, 5) is 11.9. The minimum absolute atomic E-state index is 0.0280. The monoisotopic (exact) mass is 445 g/mol. The third kappa shape index (κ3) is 4.85. The second-order valence-corrected chi connectivity index (χ2v) is 8.17. The minimum Gasteiger partial charge on any atom is -0.351 e. The van der Waals surface area contributed by atoms with Gasteiger partial charge in [-0.1, -0.05) is 22.9 Å². The molecular weight excluding hydrogens is 433 g/mol. The van der Waals surface area contributed by atoms with Crippen LogP contribution in [0.25, 0.3) is 0 Å². The van der Waals surface area contributed by atoms with E-state index in [2.05, 4.69) is 43.8 Å². The van der Waals surface area contributed by atoms with Crippen LogP contribution in [0.3, 0.4) is 0 Å². The predicted molar refractivity (Wildman–Crippen MR) is 83.5 cm³/mol. The Labute approximate surface area is 129 Å². The summed E-state index contributed by atoms with van der Waals surface area (Å²) in [7, 11) is -3.04. The molecule has 0 unspecified atom stereocenters. The third-order valence-corrected chi connectivity index (χ3v) is 5.45. The van der Waals surface area contributed by atoms with Crippen LogP contribution in [-0.4, -0.2) is 32.4 Å². The lowest BCUT2D eigenvalue weighted by atomic mass is 10.2. The Balaban J connectivity index is 2.64. The zero-order valence-corrected chi connectivity index (χ0v) is 14.3. The lowest BCUT2D eigenvalue weighted by Gasteiger charge is -2.07. The van der Waals surface area contributed by atoms with Gasteiger partial charge in [-0.05, 0) is 40.8 Å². The summed E-state index contributed by atoms with van der Waals surface area (Å²) in [5.41, 5.74) is 0.541. The van der Waals surface area contributed by atoms with Gasteiger partial charge >= 0.3 is 0 Å². The average molecular weight is 446 g/mol. The predicted octanol–water partition coefficient (Wildman–Crippen LogP) is 2.22. The van der Waals surface area contributed by atoms with Crippen molar-refractivity contribution in [3.63, 3.8) is 0 Å². The molecule has 1 N–H and O–H groups in total. The second kappa shape index (κ2) is 6.85. The first-order valence-electron chi connectivity index (χ1n) is 5.29. The Morgan fingerprint density at radius 1 is 1.44 bits per heavy atom. The number of rotatable bonds is 5. The van der Waals surface area contributed by atoms with E-state index in [-0.39, 0.29) is 24.0 Å². The molecule has 1 aromatic carbocycles. The zero-order chi connectivity index (χ0) is 13.8. The van der Waals surface area contributed by atoms with Crippen molar-refractivity contribution in [2.75, 3.05) is 18.1 Å². The molecule has 0 aromatic heterocycles. The Morgan fingerprint density at radius 2 is 2.11 bits per heavy atom. The van der Waals surface area contributed by atoms with Gasteiger partial charge in [-0.3, -0.25) is 4.79 Å². The van der Waals surface area contributed by atoms with E-state index in [0.29, 0.717) is 5.56 Å². The maximum Gasteiger partial charge on any atom is 0.252 e. The summed E-state index contributed by atoms with van der Waals surface area (Å²) in [5, 5.41) is 2.61. The second-order valence-electron chi connectivity index (χ2n) is 3.62. The van der Waals surface area contributed by atoms with Crippen LogP contribution in [0.15, 0.2) is 22.7 Å². The SMILES string of the molecule is CCS(=O)(=O)CCNC(=O)c1cc(Br)ccc1I. The van der Waals surface area contributed by atoms with Crippen molar-refractivity contribution in [2.45, 2.75) is 6.92 Å². The van der Waals surface area contributed by atoms with Gasteiger partial charge in [0.1, 0.15) is 0 Å². The fraction of sp³-hybridized carbons (Fsp3) is 0.364. The molecule has 0 spiro atoms. The topological polar surface area (TPSA) is 63.2 Å². The summed E-state index contributed by atoms with van der Waals surface area (Å²) < 4.78 is 24.2. The van der Waals surface area contributed by atoms with E-state index in [0.717, 1.165) is 8.04 Å². The van der Waals surface area contributed by atoms with E-state index >= 15 is 0 Å². The maximum atomic E-state index is 11.9. The number of nitrogens with one attached hydrogen (secondary N) is 1. The quantitative estimate of drug-likeness (QED) is 0.707. The van der Waals surface area contributed by atoms with Gasteiger partial charge in [0, 0.05) is 20.3 Å². The number of carbonyl (C=O) groups excluding carboxylic acids is 1. The minimum atomic E-state index is -3.04. The summed E-state index contributed by atoms with van der Waals surface area (Å²) in [6.07, 6.45) is 0. The van der Waals surface area contributed by atoms with E-state index in [9.17, 15) is 13.2 Å². The molecular formula is C11H13BrINO3S. The lowest BCUT2D eigenvalue weighted by Crippen LogP contribution is -2.30. The van der Waals surface area contributed by atoms with Crippen LogP contribution in [0.2, 0.25) is 0 Å². The van der Waals surface area contributed by atoms with Crippen molar-refractivity contribution in [1.82, 2.24) is 5.32 Å². The fourth-order valence-electron chi connectivity index (χ4n) is 1.23. The molecule has 0 atom stereocenters. The van der Waals surface area contributed by atoms with Gasteiger partial charge in [-0.15, -0.1) is 0 Å². The van der Waals surface area contributed by atoms with Crippen molar-refractivity contribution in [1.29, 1.82) is 0 Å². The highest BCUT2D eigenvalue weighted by atomic mass is 127. The number of amides is 1. The molecule has 0 bridgehead atoms. The van der Waals surface area contributed by atoms with Crippen LogP contribution < -0.4 is 5.32 Å². The Bertz CT molecular complexity index is 545. The van der Waals surface area contributed by atoms with E-state index in [4.69, 9.17) is 0 Å².